The van der Waals surface area contributed by atoms with Crippen LogP contribution in [0.5, 0.6) is 0 Å². The second-order valence-electron chi connectivity index (χ2n) is 6.24. The fourth-order valence-electron chi connectivity index (χ4n) is 2.92. The molecule has 7 heteroatoms. The third kappa shape index (κ3) is 3.94. The Morgan fingerprint density at radius 2 is 1.92 bits per heavy atom. The monoisotopic (exact) mass is 350 g/mol. The molecule has 1 aromatic heterocycles. The highest BCUT2D eigenvalue weighted by molar-refractivity contribution is 5.86. The van der Waals surface area contributed by atoms with Gasteiger partial charge in [-0.3, -0.25) is 4.79 Å². The quantitative estimate of drug-likeness (QED) is 0.883. The Morgan fingerprint density at radius 3 is 2.58 bits per heavy atom. The van der Waals surface area contributed by atoms with E-state index in [2.05, 4.69) is 15.5 Å². The van der Waals surface area contributed by atoms with Crippen LogP contribution in [0.15, 0.2) is 34.9 Å². The molecule has 1 aliphatic rings. The topological polar surface area (TPSA) is 94.0 Å². The van der Waals surface area contributed by atoms with Gasteiger partial charge < -0.3 is 15.6 Å². The van der Waals surface area contributed by atoms with Crippen LogP contribution in [-0.2, 0) is 4.79 Å². The number of aromatic nitrogens is 2. The molecule has 3 N–H and O–H groups in total. The summed E-state index contributed by atoms with van der Waals surface area (Å²) in [5.74, 6) is 0.772. The van der Waals surface area contributed by atoms with Gasteiger partial charge in [0.2, 0.25) is 5.91 Å². The van der Waals surface area contributed by atoms with E-state index in [-0.39, 0.29) is 24.4 Å². The van der Waals surface area contributed by atoms with E-state index in [1.807, 2.05) is 37.3 Å². The van der Waals surface area contributed by atoms with Crippen LogP contribution in [0.1, 0.15) is 50.9 Å². The Balaban J connectivity index is 0.00000208. The summed E-state index contributed by atoms with van der Waals surface area (Å²) in [5, 5.41) is 6.89. The lowest BCUT2D eigenvalue weighted by atomic mass is 9.82. The molecule has 6 nitrogen and oxygen atoms in total. The maximum atomic E-state index is 12.5. The molecule has 1 heterocycles. The number of rotatable bonds is 4. The number of carbonyl (C=O) groups is 1. The average Bonchev–Trinajstić information content (AvgIpc) is 3.06. The highest BCUT2D eigenvalue weighted by Crippen LogP contribution is 2.27. The van der Waals surface area contributed by atoms with Crippen molar-refractivity contribution < 1.29 is 9.32 Å². The van der Waals surface area contributed by atoms with Gasteiger partial charge in [0, 0.05) is 5.56 Å². The van der Waals surface area contributed by atoms with E-state index in [9.17, 15) is 4.79 Å². The van der Waals surface area contributed by atoms with Crippen LogP contribution in [-0.4, -0.2) is 21.6 Å². The molecule has 1 fully saturated rings. The van der Waals surface area contributed by atoms with Crippen molar-refractivity contribution in [2.24, 2.45) is 5.73 Å². The van der Waals surface area contributed by atoms with Crippen LogP contribution in [0.4, 0.5) is 0 Å². The summed E-state index contributed by atoms with van der Waals surface area (Å²) < 4.78 is 5.28. The van der Waals surface area contributed by atoms with E-state index in [0.717, 1.165) is 37.7 Å². The summed E-state index contributed by atoms with van der Waals surface area (Å²) in [6.45, 7) is 1.84. The van der Waals surface area contributed by atoms with E-state index in [1.54, 1.807) is 0 Å². The number of nitrogens with zero attached hydrogens (tertiary/aromatic N) is 2. The number of halogens is 1. The van der Waals surface area contributed by atoms with Gasteiger partial charge >= 0.3 is 0 Å². The minimum absolute atomic E-state index is 0. The smallest absolute Gasteiger partial charge is 0.257 e. The van der Waals surface area contributed by atoms with E-state index in [1.165, 1.54) is 0 Å². The second-order valence-corrected chi connectivity index (χ2v) is 6.24. The maximum Gasteiger partial charge on any atom is 0.257 e. The number of amides is 1. The fraction of sp³-hybridized carbons (Fsp3) is 0.471. The predicted octanol–water partition coefficient (Wildman–Crippen LogP) is 3.00. The number of nitrogens with two attached hydrogens (primary N) is 1. The molecular formula is C17H23ClN4O2. The Kier molecular flexibility index (Phi) is 5.96. The zero-order chi connectivity index (χ0) is 16.3. The van der Waals surface area contributed by atoms with Crippen molar-refractivity contribution in [1.29, 1.82) is 0 Å². The van der Waals surface area contributed by atoms with E-state index >= 15 is 0 Å². The second kappa shape index (κ2) is 7.77. The van der Waals surface area contributed by atoms with Crippen molar-refractivity contribution in [2.75, 3.05) is 0 Å². The molecule has 1 aromatic carbocycles. The first-order chi connectivity index (χ1) is 11.1. The minimum atomic E-state index is -0.765. The Bertz CT molecular complexity index is 668. The predicted molar refractivity (Wildman–Crippen MR) is 93.5 cm³/mol. The van der Waals surface area contributed by atoms with Gasteiger partial charge in [0.1, 0.15) is 0 Å². The molecule has 2 aromatic rings. The Morgan fingerprint density at radius 1 is 1.25 bits per heavy atom. The van der Waals surface area contributed by atoms with Gasteiger partial charge in [-0.05, 0) is 31.9 Å². The lowest BCUT2D eigenvalue weighted by molar-refractivity contribution is -0.128. The number of carbonyl (C=O) groups excluding carboxylic acids is 1. The number of nitrogens with one attached hydrogen (secondary N) is 1. The molecule has 0 radical (unpaired) electrons. The molecule has 24 heavy (non-hydrogen) atoms. The van der Waals surface area contributed by atoms with Crippen LogP contribution >= 0.6 is 12.4 Å². The molecule has 1 aliphatic carbocycles. The van der Waals surface area contributed by atoms with Crippen LogP contribution in [0.3, 0.4) is 0 Å². The molecule has 1 saturated carbocycles. The van der Waals surface area contributed by atoms with Crippen LogP contribution in [0, 0.1) is 0 Å². The zero-order valence-electron chi connectivity index (χ0n) is 13.7. The first-order valence-corrected chi connectivity index (χ1v) is 8.07. The van der Waals surface area contributed by atoms with Gasteiger partial charge in [0.15, 0.2) is 5.82 Å². The molecular weight excluding hydrogens is 328 g/mol. The molecule has 3 rings (SSSR count). The van der Waals surface area contributed by atoms with Gasteiger partial charge in [0.25, 0.3) is 5.89 Å². The molecule has 0 aliphatic heterocycles. The lowest BCUT2D eigenvalue weighted by Crippen LogP contribution is -2.55. The van der Waals surface area contributed by atoms with Gasteiger partial charge in [-0.1, -0.05) is 42.6 Å². The van der Waals surface area contributed by atoms with Crippen LogP contribution in [0.25, 0.3) is 11.5 Å². The van der Waals surface area contributed by atoms with Gasteiger partial charge in [0.05, 0.1) is 11.6 Å². The number of benzene rings is 1. The number of hydrogen-bond acceptors (Lipinski definition) is 5. The molecule has 0 bridgehead atoms. The summed E-state index contributed by atoms with van der Waals surface area (Å²) in [5.41, 5.74) is 6.34. The third-order valence-corrected chi connectivity index (χ3v) is 4.40. The average molecular weight is 351 g/mol. The first-order valence-electron chi connectivity index (χ1n) is 8.07. The summed E-state index contributed by atoms with van der Waals surface area (Å²) in [6, 6.07) is 9.20. The van der Waals surface area contributed by atoms with E-state index < -0.39 is 5.54 Å². The molecule has 1 unspecified atom stereocenters. The van der Waals surface area contributed by atoms with Crippen molar-refractivity contribution in [3.63, 3.8) is 0 Å². The highest BCUT2D eigenvalue weighted by Gasteiger charge is 2.36. The minimum Gasteiger partial charge on any atom is -0.345 e. The fourth-order valence-corrected chi connectivity index (χ4v) is 2.92. The maximum absolute atomic E-state index is 12.5. The zero-order valence-corrected chi connectivity index (χ0v) is 14.5. The van der Waals surface area contributed by atoms with Crippen molar-refractivity contribution in [3.05, 3.63) is 36.2 Å². The normalized spacial score (nSPS) is 17.6. The van der Waals surface area contributed by atoms with Crippen molar-refractivity contribution >= 4 is 18.3 Å². The molecule has 0 saturated heterocycles. The molecule has 1 amide bonds. The van der Waals surface area contributed by atoms with Crippen LogP contribution in [0.2, 0.25) is 0 Å². The summed E-state index contributed by atoms with van der Waals surface area (Å²) >= 11 is 0. The van der Waals surface area contributed by atoms with E-state index in [4.69, 9.17) is 10.3 Å². The molecule has 0 spiro atoms. The lowest BCUT2D eigenvalue weighted by Gasteiger charge is -2.32. The van der Waals surface area contributed by atoms with Crippen molar-refractivity contribution in [1.82, 2.24) is 15.5 Å². The highest BCUT2D eigenvalue weighted by atomic mass is 35.5. The van der Waals surface area contributed by atoms with Gasteiger partial charge in [-0.25, -0.2) is 0 Å². The molecule has 1 atom stereocenters. The standard InChI is InChI=1S/C17H22N4O2.ClH/c1-12(19-16(22)17(18)10-6-3-7-11-17)14-20-15(23-21-14)13-8-4-2-5-9-13;/h2,4-5,8-9,12H,3,6-7,10-11,18H2,1H3,(H,19,22);1H. The Labute approximate surface area is 147 Å². The van der Waals surface area contributed by atoms with Crippen LogP contribution < -0.4 is 11.1 Å². The largest absolute Gasteiger partial charge is 0.345 e. The van der Waals surface area contributed by atoms with Crippen molar-refractivity contribution in [3.8, 4) is 11.5 Å². The van der Waals surface area contributed by atoms with Gasteiger partial charge in [-0.15, -0.1) is 12.4 Å². The molecule has 130 valence electrons. The first kappa shape index (κ1) is 18.4. The summed E-state index contributed by atoms with van der Waals surface area (Å²) in [7, 11) is 0. The summed E-state index contributed by atoms with van der Waals surface area (Å²) in [6.07, 6.45) is 4.60. The van der Waals surface area contributed by atoms with Crippen molar-refractivity contribution in [2.45, 2.75) is 50.6 Å². The third-order valence-electron chi connectivity index (χ3n) is 4.40. The summed E-state index contributed by atoms with van der Waals surface area (Å²) in [4.78, 5) is 16.8. The van der Waals surface area contributed by atoms with E-state index in [0.29, 0.717) is 11.7 Å². The number of hydrogen-bond donors (Lipinski definition) is 2. The Hall–Kier alpha value is -1.92. The SMILES string of the molecule is CC(NC(=O)C1(N)CCCCC1)c1noc(-c2ccccc2)n1.Cl. The van der Waals surface area contributed by atoms with Gasteiger partial charge in [-0.2, -0.15) is 4.98 Å².